The number of methoxy groups -OCH3 is 1. The topological polar surface area (TPSA) is 98.5 Å². The summed E-state index contributed by atoms with van der Waals surface area (Å²) in [7, 11) is -2.41. The van der Waals surface area contributed by atoms with Gasteiger partial charge in [0.2, 0.25) is 10.0 Å². The molecule has 0 aliphatic rings. The van der Waals surface area contributed by atoms with Gasteiger partial charge in [-0.2, -0.15) is 0 Å². The SMILES string of the molecule is COC[C@@H](C)NS(=O)(=O)c1ccc(Sc2ccc(C)cc2)c([N+](=O)[O-])c1. The second kappa shape index (κ2) is 8.63. The van der Waals surface area contributed by atoms with Crippen molar-refractivity contribution in [3.8, 4) is 0 Å². The van der Waals surface area contributed by atoms with E-state index in [2.05, 4.69) is 4.72 Å². The average molecular weight is 396 g/mol. The molecule has 1 atom stereocenters. The van der Waals surface area contributed by atoms with E-state index in [4.69, 9.17) is 4.74 Å². The van der Waals surface area contributed by atoms with Gasteiger partial charge in [-0.05, 0) is 38.1 Å². The maximum absolute atomic E-state index is 12.4. The molecule has 0 fully saturated rings. The number of sulfonamides is 1. The van der Waals surface area contributed by atoms with Crippen LogP contribution in [0.1, 0.15) is 12.5 Å². The number of hydrogen-bond acceptors (Lipinski definition) is 6. The summed E-state index contributed by atoms with van der Waals surface area (Å²) >= 11 is 1.22. The van der Waals surface area contributed by atoms with Crippen LogP contribution >= 0.6 is 11.8 Å². The highest BCUT2D eigenvalue weighted by atomic mass is 32.2. The van der Waals surface area contributed by atoms with Gasteiger partial charge in [0, 0.05) is 24.1 Å². The molecule has 2 aromatic rings. The smallest absolute Gasteiger partial charge is 0.284 e. The molecule has 0 aliphatic carbocycles. The normalized spacial score (nSPS) is 12.7. The highest BCUT2D eigenvalue weighted by Gasteiger charge is 2.23. The molecular weight excluding hydrogens is 376 g/mol. The van der Waals surface area contributed by atoms with Gasteiger partial charge in [0.1, 0.15) is 0 Å². The van der Waals surface area contributed by atoms with Gasteiger partial charge in [0.15, 0.2) is 0 Å². The van der Waals surface area contributed by atoms with Gasteiger partial charge < -0.3 is 4.74 Å². The number of aryl methyl sites for hydroxylation is 1. The first-order chi connectivity index (χ1) is 12.2. The average Bonchev–Trinajstić information content (AvgIpc) is 2.56. The van der Waals surface area contributed by atoms with Crippen LogP contribution in [0, 0.1) is 17.0 Å². The summed E-state index contributed by atoms with van der Waals surface area (Å²) in [5.74, 6) is 0. The van der Waals surface area contributed by atoms with Gasteiger partial charge in [-0.15, -0.1) is 0 Å². The molecule has 2 aromatic carbocycles. The van der Waals surface area contributed by atoms with Crippen molar-refractivity contribution in [2.45, 2.75) is 34.6 Å². The Morgan fingerprint density at radius 1 is 1.23 bits per heavy atom. The number of nitro benzene ring substituents is 1. The number of nitro groups is 1. The third kappa shape index (κ3) is 5.28. The standard InChI is InChI=1S/C17H20N2O5S2/c1-12-4-6-14(7-5-12)25-17-9-8-15(10-16(17)19(20)21)26(22,23)18-13(2)11-24-3/h4-10,13,18H,11H2,1-3H3/t13-/m1/s1. The largest absolute Gasteiger partial charge is 0.383 e. The van der Waals surface area contributed by atoms with Crippen LogP contribution in [0.15, 0.2) is 57.2 Å². The first-order valence-electron chi connectivity index (χ1n) is 7.77. The maximum atomic E-state index is 12.4. The van der Waals surface area contributed by atoms with Crippen molar-refractivity contribution < 1.29 is 18.1 Å². The predicted octanol–water partition coefficient (Wildman–Crippen LogP) is 3.37. The highest BCUT2D eigenvalue weighted by molar-refractivity contribution is 7.99. The fraction of sp³-hybridized carbons (Fsp3) is 0.294. The molecule has 0 bridgehead atoms. The molecule has 26 heavy (non-hydrogen) atoms. The van der Waals surface area contributed by atoms with Gasteiger partial charge in [0.05, 0.1) is 21.3 Å². The van der Waals surface area contributed by atoms with E-state index in [1.807, 2.05) is 31.2 Å². The van der Waals surface area contributed by atoms with Crippen LogP contribution in [-0.2, 0) is 14.8 Å². The molecule has 0 spiro atoms. The van der Waals surface area contributed by atoms with Crippen LogP contribution in [-0.4, -0.2) is 33.1 Å². The van der Waals surface area contributed by atoms with Crippen LogP contribution in [0.25, 0.3) is 0 Å². The van der Waals surface area contributed by atoms with Gasteiger partial charge in [-0.3, -0.25) is 10.1 Å². The van der Waals surface area contributed by atoms with Crippen molar-refractivity contribution in [1.29, 1.82) is 0 Å². The van der Waals surface area contributed by atoms with Crippen molar-refractivity contribution in [1.82, 2.24) is 4.72 Å². The molecule has 140 valence electrons. The quantitative estimate of drug-likeness (QED) is 0.543. The number of hydrogen-bond donors (Lipinski definition) is 1. The van der Waals surface area contributed by atoms with Crippen molar-refractivity contribution in [3.05, 3.63) is 58.1 Å². The lowest BCUT2D eigenvalue weighted by Crippen LogP contribution is -2.35. The van der Waals surface area contributed by atoms with Crippen LogP contribution in [0.2, 0.25) is 0 Å². The summed E-state index contributed by atoms with van der Waals surface area (Å²) in [6, 6.07) is 11.0. The summed E-state index contributed by atoms with van der Waals surface area (Å²) in [6.07, 6.45) is 0. The van der Waals surface area contributed by atoms with E-state index in [0.29, 0.717) is 4.90 Å². The second-order valence-electron chi connectivity index (χ2n) is 5.78. The Balaban J connectivity index is 2.33. The van der Waals surface area contributed by atoms with E-state index < -0.39 is 21.0 Å². The van der Waals surface area contributed by atoms with Gasteiger partial charge in [0.25, 0.3) is 5.69 Å². The minimum atomic E-state index is -3.88. The van der Waals surface area contributed by atoms with Crippen LogP contribution < -0.4 is 4.72 Å². The molecule has 9 heteroatoms. The lowest BCUT2D eigenvalue weighted by atomic mass is 10.2. The molecule has 0 amide bonds. The van der Waals surface area contributed by atoms with Crippen molar-refractivity contribution in [3.63, 3.8) is 0 Å². The Hall–Kier alpha value is -1.94. The number of nitrogens with zero attached hydrogens (tertiary/aromatic N) is 1. The molecule has 1 N–H and O–H groups in total. The predicted molar refractivity (Wildman–Crippen MR) is 100 cm³/mol. The Bertz CT molecular complexity index is 883. The second-order valence-corrected chi connectivity index (χ2v) is 8.61. The minimum absolute atomic E-state index is 0.152. The first-order valence-corrected chi connectivity index (χ1v) is 10.1. The molecule has 0 aromatic heterocycles. The molecule has 0 unspecified atom stereocenters. The van der Waals surface area contributed by atoms with Crippen molar-refractivity contribution in [2.75, 3.05) is 13.7 Å². The third-order valence-corrected chi connectivity index (χ3v) is 6.12. The molecule has 0 saturated heterocycles. The van der Waals surface area contributed by atoms with Crippen LogP contribution in [0.4, 0.5) is 5.69 Å². The van der Waals surface area contributed by atoms with Crippen molar-refractivity contribution in [2.24, 2.45) is 0 Å². The maximum Gasteiger partial charge on any atom is 0.284 e. The monoisotopic (exact) mass is 396 g/mol. The Morgan fingerprint density at radius 2 is 1.88 bits per heavy atom. The Kier molecular flexibility index (Phi) is 6.76. The van der Waals surface area contributed by atoms with E-state index in [1.165, 1.54) is 31.0 Å². The summed E-state index contributed by atoms with van der Waals surface area (Å²) in [5.41, 5.74) is 0.833. The van der Waals surface area contributed by atoms with E-state index in [-0.39, 0.29) is 17.2 Å². The Labute approximate surface area is 157 Å². The van der Waals surface area contributed by atoms with E-state index in [0.717, 1.165) is 16.5 Å². The zero-order valence-corrected chi connectivity index (χ0v) is 16.3. The van der Waals surface area contributed by atoms with Crippen molar-refractivity contribution >= 4 is 27.5 Å². The zero-order chi connectivity index (χ0) is 19.3. The number of nitrogens with one attached hydrogen (secondary N) is 1. The fourth-order valence-electron chi connectivity index (χ4n) is 2.24. The molecule has 0 heterocycles. The first kappa shape index (κ1) is 20.4. The van der Waals surface area contributed by atoms with Crippen LogP contribution in [0.5, 0.6) is 0 Å². The fourth-order valence-corrected chi connectivity index (χ4v) is 4.39. The number of ether oxygens (including phenoxy) is 1. The van der Waals surface area contributed by atoms with E-state index >= 15 is 0 Å². The summed E-state index contributed by atoms with van der Waals surface area (Å²) in [5, 5.41) is 11.4. The third-order valence-electron chi connectivity index (χ3n) is 3.46. The Morgan fingerprint density at radius 3 is 2.46 bits per heavy atom. The molecule has 0 radical (unpaired) electrons. The summed E-state index contributed by atoms with van der Waals surface area (Å²) < 4.78 is 32.1. The lowest BCUT2D eigenvalue weighted by Gasteiger charge is -2.13. The number of benzene rings is 2. The molecular formula is C17H20N2O5S2. The minimum Gasteiger partial charge on any atom is -0.383 e. The molecule has 0 saturated carbocycles. The van der Waals surface area contributed by atoms with E-state index in [9.17, 15) is 18.5 Å². The molecule has 7 nitrogen and oxygen atoms in total. The van der Waals surface area contributed by atoms with Crippen LogP contribution in [0.3, 0.4) is 0 Å². The zero-order valence-electron chi connectivity index (χ0n) is 14.6. The highest BCUT2D eigenvalue weighted by Crippen LogP contribution is 2.36. The van der Waals surface area contributed by atoms with Gasteiger partial charge >= 0.3 is 0 Å². The summed E-state index contributed by atoms with van der Waals surface area (Å²) in [4.78, 5) is 11.9. The lowest BCUT2D eigenvalue weighted by molar-refractivity contribution is -0.388. The van der Waals surface area contributed by atoms with Gasteiger partial charge in [-0.1, -0.05) is 29.5 Å². The molecule has 0 aliphatic heterocycles. The molecule has 2 rings (SSSR count). The van der Waals surface area contributed by atoms with E-state index in [1.54, 1.807) is 6.92 Å². The number of rotatable bonds is 8. The summed E-state index contributed by atoms with van der Waals surface area (Å²) in [6.45, 7) is 3.80. The van der Waals surface area contributed by atoms with Gasteiger partial charge in [-0.25, -0.2) is 13.1 Å².